The molecule has 0 aliphatic rings. The highest BCUT2D eigenvalue weighted by atomic mass is 16.6. The van der Waals surface area contributed by atoms with Crippen LogP contribution in [0.4, 0.5) is 4.79 Å². The van der Waals surface area contributed by atoms with Crippen molar-refractivity contribution in [2.24, 2.45) is 0 Å². The molecule has 0 spiro atoms. The van der Waals surface area contributed by atoms with Crippen molar-refractivity contribution in [2.75, 3.05) is 6.54 Å². The number of para-hydroxylation sites is 1. The molecule has 26 heavy (non-hydrogen) atoms. The van der Waals surface area contributed by atoms with Gasteiger partial charge in [0.1, 0.15) is 17.8 Å². The second kappa shape index (κ2) is 7.56. The van der Waals surface area contributed by atoms with Gasteiger partial charge in [-0.2, -0.15) is 0 Å². The van der Waals surface area contributed by atoms with E-state index in [1.165, 1.54) is 5.56 Å². The molecule has 1 aromatic heterocycles. The van der Waals surface area contributed by atoms with Crippen LogP contribution in [0, 0.1) is 0 Å². The van der Waals surface area contributed by atoms with Crippen LogP contribution < -0.4 is 0 Å². The third kappa shape index (κ3) is 4.59. The fourth-order valence-corrected chi connectivity index (χ4v) is 2.64. The van der Waals surface area contributed by atoms with E-state index in [0.717, 1.165) is 17.5 Å². The molecule has 136 valence electrons. The van der Waals surface area contributed by atoms with E-state index in [9.17, 15) is 4.79 Å². The van der Waals surface area contributed by atoms with Crippen molar-refractivity contribution in [2.45, 2.75) is 39.5 Å². The summed E-state index contributed by atoms with van der Waals surface area (Å²) in [7, 11) is 0. The van der Waals surface area contributed by atoms with Gasteiger partial charge in [-0.25, -0.2) is 9.48 Å². The molecule has 1 heterocycles. The van der Waals surface area contributed by atoms with Gasteiger partial charge in [0.2, 0.25) is 0 Å². The molecule has 0 atom stereocenters. The van der Waals surface area contributed by atoms with Crippen LogP contribution in [0.25, 0.3) is 11.0 Å². The molecule has 6 nitrogen and oxygen atoms in total. The van der Waals surface area contributed by atoms with Crippen LogP contribution >= 0.6 is 0 Å². The van der Waals surface area contributed by atoms with E-state index < -0.39 is 5.60 Å². The van der Waals surface area contributed by atoms with Gasteiger partial charge in [0.25, 0.3) is 0 Å². The first-order chi connectivity index (χ1) is 12.4. The predicted octanol–water partition coefficient (Wildman–Crippen LogP) is 3.87. The molecule has 0 saturated carbocycles. The molecule has 2 aromatic carbocycles. The van der Waals surface area contributed by atoms with Crippen LogP contribution in [-0.2, 0) is 17.8 Å². The van der Waals surface area contributed by atoms with Gasteiger partial charge in [-0.15, -0.1) is 5.10 Å². The molecule has 0 aliphatic carbocycles. The fourth-order valence-electron chi connectivity index (χ4n) is 2.64. The Bertz CT molecular complexity index is 868. The maximum absolute atomic E-state index is 12.7. The lowest BCUT2D eigenvalue weighted by molar-refractivity contribution is 0.0183. The molecule has 0 radical (unpaired) electrons. The second-order valence-corrected chi connectivity index (χ2v) is 7.20. The maximum atomic E-state index is 12.7. The summed E-state index contributed by atoms with van der Waals surface area (Å²) in [5.41, 5.74) is 2.32. The van der Waals surface area contributed by atoms with E-state index in [1.54, 1.807) is 9.58 Å². The normalized spacial score (nSPS) is 11.5. The summed E-state index contributed by atoms with van der Waals surface area (Å²) in [5, 5.41) is 8.34. The molecule has 3 aromatic rings. The lowest BCUT2D eigenvalue weighted by atomic mass is 10.1. The molecule has 0 saturated heterocycles. The van der Waals surface area contributed by atoms with Crippen molar-refractivity contribution >= 4 is 17.1 Å². The van der Waals surface area contributed by atoms with Gasteiger partial charge in [-0.3, -0.25) is 4.90 Å². The first-order valence-corrected chi connectivity index (χ1v) is 8.72. The first-order valence-electron chi connectivity index (χ1n) is 8.72. The summed E-state index contributed by atoms with van der Waals surface area (Å²) < 4.78 is 7.30. The molecule has 3 rings (SSSR count). The zero-order chi connectivity index (χ0) is 18.6. The first kappa shape index (κ1) is 17.9. The Labute approximate surface area is 153 Å². The number of carbonyl (C=O) groups is 1. The van der Waals surface area contributed by atoms with Crippen LogP contribution in [0.15, 0.2) is 54.6 Å². The number of hydrogen-bond acceptors (Lipinski definition) is 4. The monoisotopic (exact) mass is 352 g/mol. The smallest absolute Gasteiger partial charge is 0.411 e. The van der Waals surface area contributed by atoms with E-state index in [2.05, 4.69) is 22.4 Å². The molecular weight excluding hydrogens is 328 g/mol. The van der Waals surface area contributed by atoms with Gasteiger partial charge in [0.15, 0.2) is 0 Å². The van der Waals surface area contributed by atoms with Crippen LogP contribution in [-0.4, -0.2) is 38.1 Å². The lowest BCUT2D eigenvalue weighted by Gasteiger charge is -2.27. The highest BCUT2D eigenvalue weighted by Crippen LogP contribution is 2.14. The van der Waals surface area contributed by atoms with Gasteiger partial charge >= 0.3 is 6.09 Å². The maximum Gasteiger partial charge on any atom is 0.411 e. The molecule has 0 fully saturated rings. The second-order valence-electron chi connectivity index (χ2n) is 7.20. The van der Waals surface area contributed by atoms with Crippen molar-refractivity contribution in [3.63, 3.8) is 0 Å². The Balaban J connectivity index is 1.78. The van der Waals surface area contributed by atoms with Gasteiger partial charge in [0, 0.05) is 6.54 Å². The number of carbonyl (C=O) groups excluding carboxylic acids is 1. The minimum Gasteiger partial charge on any atom is -0.444 e. The number of hydrogen-bond donors (Lipinski definition) is 0. The van der Waals surface area contributed by atoms with Crippen LogP contribution in [0.5, 0.6) is 0 Å². The average molecular weight is 352 g/mol. The number of ether oxygens (including phenoxy) is 1. The molecule has 0 bridgehead atoms. The molecule has 0 unspecified atom stereocenters. The Morgan fingerprint density at radius 1 is 1.08 bits per heavy atom. The minimum absolute atomic E-state index is 0.294. The third-order valence-corrected chi connectivity index (χ3v) is 3.89. The Morgan fingerprint density at radius 2 is 1.77 bits per heavy atom. The Morgan fingerprint density at radius 3 is 2.50 bits per heavy atom. The van der Waals surface area contributed by atoms with Crippen molar-refractivity contribution in [1.82, 2.24) is 19.9 Å². The number of nitrogens with zero attached hydrogens (tertiary/aromatic N) is 4. The highest BCUT2D eigenvalue weighted by Gasteiger charge is 2.23. The van der Waals surface area contributed by atoms with Crippen molar-refractivity contribution in [1.29, 1.82) is 0 Å². The minimum atomic E-state index is -0.549. The molecular formula is C20H24N4O2. The molecule has 6 heteroatoms. The number of amides is 1. The molecule has 1 amide bonds. The van der Waals surface area contributed by atoms with E-state index >= 15 is 0 Å². The van der Waals surface area contributed by atoms with Gasteiger partial charge in [0.05, 0.1) is 5.52 Å². The average Bonchev–Trinajstić information content (AvgIpc) is 3.01. The van der Waals surface area contributed by atoms with E-state index in [4.69, 9.17) is 4.74 Å². The van der Waals surface area contributed by atoms with E-state index in [1.807, 2.05) is 63.2 Å². The van der Waals surface area contributed by atoms with Crippen molar-refractivity contribution < 1.29 is 9.53 Å². The summed E-state index contributed by atoms with van der Waals surface area (Å²) >= 11 is 0. The lowest BCUT2D eigenvalue weighted by Crippen LogP contribution is -2.39. The summed E-state index contributed by atoms with van der Waals surface area (Å²) in [4.78, 5) is 14.4. The third-order valence-electron chi connectivity index (χ3n) is 3.89. The Hall–Kier alpha value is -2.89. The number of fused-ring (bicyclic) bond motifs is 1. The van der Waals surface area contributed by atoms with Crippen LogP contribution in [0.3, 0.4) is 0 Å². The zero-order valence-electron chi connectivity index (χ0n) is 15.4. The summed E-state index contributed by atoms with van der Waals surface area (Å²) in [5.74, 6) is 0. The van der Waals surface area contributed by atoms with E-state index in [0.29, 0.717) is 13.2 Å². The quantitative estimate of drug-likeness (QED) is 0.699. The van der Waals surface area contributed by atoms with Crippen molar-refractivity contribution in [3.8, 4) is 0 Å². The number of aromatic nitrogens is 3. The topological polar surface area (TPSA) is 60.2 Å². The summed E-state index contributed by atoms with van der Waals surface area (Å²) in [6.45, 7) is 6.43. The van der Waals surface area contributed by atoms with E-state index in [-0.39, 0.29) is 6.09 Å². The van der Waals surface area contributed by atoms with Gasteiger partial charge < -0.3 is 4.74 Å². The molecule has 0 N–H and O–H groups in total. The zero-order valence-corrected chi connectivity index (χ0v) is 15.4. The SMILES string of the molecule is CC(C)(C)OC(=O)N(CCc1ccccc1)Cn1nnc2ccccc21. The van der Waals surface area contributed by atoms with Gasteiger partial charge in [-0.05, 0) is 44.9 Å². The number of benzene rings is 2. The largest absolute Gasteiger partial charge is 0.444 e. The van der Waals surface area contributed by atoms with Crippen molar-refractivity contribution in [3.05, 3.63) is 60.2 Å². The summed E-state index contributed by atoms with van der Waals surface area (Å²) in [6, 6.07) is 17.8. The van der Waals surface area contributed by atoms with Gasteiger partial charge in [-0.1, -0.05) is 47.7 Å². The predicted molar refractivity (Wildman–Crippen MR) is 101 cm³/mol. The van der Waals surface area contributed by atoms with Crippen LogP contribution in [0.1, 0.15) is 26.3 Å². The molecule has 0 aliphatic heterocycles. The fraction of sp³-hybridized carbons (Fsp3) is 0.350. The highest BCUT2D eigenvalue weighted by molar-refractivity contribution is 5.74. The standard InChI is InChI=1S/C20H24N4O2/c1-20(2,3)26-19(25)23(14-13-16-9-5-4-6-10-16)15-24-18-12-8-7-11-17(18)21-22-24/h4-12H,13-15H2,1-3H3. The number of rotatable bonds is 5. The summed E-state index contributed by atoms with van der Waals surface area (Å²) in [6.07, 6.45) is 0.389. The Kier molecular flexibility index (Phi) is 5.21. The van der Waals surface area contributed by atoms with Crippen LogP contribution in [0.2, 0.25) is 0 Å².